The molecule has 4 rings (SSSR count). The van der Waals surface area contributed by atoms with Crippen molar-refractivity contribution >= 4 is 26.7 Å². The molecule has 0 unspecified atom stereocenters. The third-order valence-corrected chi connectivity index (χ3v) is 7.78. The number of rotatable bonds is 4. The van der Waals surface area contributed by atoms with Crippen LogP contribution in [-0.2, 0) is 22.9 Å². The number of sulfonamides is 1. The van der Waals surface area contributed by atoms with E-state index >= 15 is 0 Å². The molecule has 1 aliphatic carbocycles. The van der Waals surface area contributed by atoms with E-state index in [0.717, 1.165) is 41.6 Å². The van der Waals surface area contributed by atoms with E-state index in [4.69, 9.17) is 4.42 Å². The van der Waals surface area contributed by atoms with Gasteiger partial charge in [-0.15, -0.1) is 0 Å². The number of fused-ring (bicyclic) bond motifs is 3. The van der Waals surface area contributed by atoms with E-state index in [9.17, 15) is 8.42 Å². The third-order valence-electron chi connectivity index (χ3n) is 6.38. The smallest absolute Gasteiger partial charge is 0.261 e. The van der Waals surface area contributed by atoms with Gasteiger partial charge < -0.3 is 4.42 Å². The average molecular weight is 426 g/mol. The molecule has 30 heavy (non-hydrogen) atoms. The molecular formula is C25H31NO3S. The number of hydrogen-bond acceptors (Lipinski definition) is 3. The van der Waals surface area contributed by atoms with Gasteiger partial charge in [0, 0.05) is 23.1 Å². The lowest BCUT2D eigenvalue weighted by molar-refractivity contribution is 0.210. The van der Waals surface area contributed by atoms with Gasteiger partial charge in [-0.05, 0) is 66.0 Å². The molecule has 0 radical (unpaired) electrons. The van der Waals surface area contributed by atoms with Crippen LogP contribution in [0, 0.1) is 11.3 Å². The lowest BCUT2D eigenvalue weighted by atomic mass is 9.71. The van der Waals surface area contributed by atoms with Crippen LogP contribution in [0.25, 0.3) is 11.0 Å². The summed E-state index contributed by atoms with van der Waals surface area (Å²) in [4.78, 5) is 0.272. The highest BCUT2D eigenvalue weighted by molar-refractivity contribution is 7.92. The minimum atomic E-state index is -3.64. The van der Waals surface area contributed by atoms with E-state index in [1.807, 2.05) is 24.3 Å². The third kappa shape index (κ3) is 4.00. The summed E-state index contributed by atoms with van der Waals surface area (Å²) in [6.07, 6.45) is 3.04. The molecule has 0 fully saturated rings. The van der Waals surface area contributed by atoms with Crippen molar-refractivity contribution in [1.82, 2.24) is 0 Å². The molecule has 1 aliphatic rings. The maximum Gasteiger partial charge on any atom is 0.261 e. The van der Waals surface area contributed by atoms with E-state index in [-0.39, 0.29) is 10.3 Å². The van der Waals surface area contributed by atoms with Crippen LogP contribution in [0.2, 0.25) is 0 Å². The summed E-state index contributed by atoms with van der Waals surface area (Å²) in [6, 6.07) is 12.7. The fourth-order valence-electron chi connectivity index (χ4n) is 4.33. The summed E-state index contributed by atoms with van der Waals surface area (Å²) in [6.45, 7) is 11.0. The molecule has 5 heteroatoms. The van der Waals surface area contributed by atoms with Crippen molar-refractivity contribution in [3.8, 4) is 0 Å². The van der Waals surface area contributed by atoms with Gasteiger partial charge in [-0.25, -0.2) is 8.42 Å². The molecule has 0 spiro atoms. The van der Waals surface area contributed by atoms with E-state index in [1.54, 1.807) is 18.2 Å². The molecule has 0 saturated heterocycles. The monoisotopic (exact) mass is 425 g/mol. The molecule has 0 saturated carbocycles. The number of anilines is 1. The molecule has 1 aromatic heterocycles. The summed E-state index contributed by atoms with van der Waals surface area (Å²) in [5, 5.41) is 1.02. The minimum Gasteiger partial charge on any atom is -0.461 e. The van der Waals surface area contributed by atoms with Crippen molar-refractivity contribution in [3.05, 3.63) is 59.4 Å². The van der Waals surface area contributed by atoms with Gasteiger partial charge in [0.15, 0.2) is 0 Å². The largest absolute Gasteiger partial charge is 0.461 e. The second-order valence-electron chi connectivity index (χ2n) is 9.85. The number of benzene rings is 2. The SMILES string of the molecule is CC(C)c1ccc(S(=O)(=O)Nc2ccc3oc4c(c3c2)C[C@@H](C(C)(C)C)CC4)cc1. The van der Waals surface area contributed by atoms with E-state index < -0.39 is 10.0 Å². The highest BCUT2D eigenvalue weighted by Crippen LogP contribution is 2.41. The van der Waals surface area contributed by atoms with E-state index in [1.165, 1.54) is 5.56 Å². The number of nitrogens with one attached hydrogen (secondary N) is 1. The van der Waals surface area contributed by atoms with Crippen molar-refractivity contribution in [2.24, 2.45) is 11.3 Å². The summed E-state index contributed by atoms with van der Waals surface area (Å²) in [7, 11) is -3.64. The maximum atomic E-state index is 12.9. The van der Waals surface area contributed by atoms with Crippen molar-refractivity contribution in [3.63, 3.8) is 0 Å². The van der Waals surface area contributed by atoms with Crippen LogP contribution in [-0.4, -0.2) is 8.42 Å². The predicted octanol–water partition coefficient (Wildman–Crippen LogP) is 6.51. The Morgan fingerprint density at radius 3 is 2.40 bits per heavy atom. The first-order valence-electron chi connectivity index (χ1n) is 10.7. The molecular weight excluding hydrogens is 394 g/mol. The van der Waals surface area contributed by atoms with Gasteiger partial charge in [-0.1, -0.05) is 46.8 Å². The number of aryl methyl sites for hydroxylation is 1. The first kappa shape index (κ1) is 21.0. The Morgan fingerprint density at radius 1 is 1.07 bits per heavy atom. The second-order valence-corrected chi connectivity index (χ2v) is 11.5. The standard InChI is InChI=1S/C25H31NO3S/c1-16(2)17-6-10-20(11-7-17)30(27,28)26-19-9-13-24-22(15-19)21-14-18(25(3,4)5)8-12-23(21)29-24/h6-7,9-11,13,15-16,18,26H,8,12,14H2,1-5H3/t18-/m0/s1. The van der Waals surface area contributed by atoms with Crippen LogP contribution in [0.5, 0.6) is 0 Å². The number of furan rings is 1. The summed E-state index contributed by atoms with van der Waals surface area (Å²) < 4.78 is 34.6. The van der Waals surface area contributed by atoms with Crippen LogP contribution < -0.4 is 4.72 Å². The van der Waals surface area contributed by atoms with Gasteiger partial charge in [-0.3, -0.25) is 4.72 Å². The fourth-order valence-corrected chi connectivity index (χ4v) is 5.38. The quantitative estimate of drug-likeness (QED) is 0.518. The molecule has 1 atom stereocenters. The minimum absolute atomic E-state index is 0.239. The van der Waals surface area contributed by atoms with Crippen LogP contribution in [0.1, 0.15) is 63.8 Å². The topological polar surface area (TPSA) is 59.3 Å². The Balaban J connectivity index is 1.64. The maximum absolute atomic E-state index is 12.9. The van der Waals surface area contributed by atoms with E-state index in [0.29, 0.717) is 17.5 Å². The zero-order chi connectivity index (χ0) is 21.7. The Labute approximate surface area is 179 Å². The lowest BCUT2D eigenvalue weighted by Gasteiger charge is -2.33. The fraction of sp³-hybridized carbons (Fsp3) is 0.440. The lowest BCUT2D eigenvalue weighted by Crippen LogP contribution is -2.26. The van der Waals surface area contributed by atoms with E-state index in [2.05, 4.69) is 39.3 Å². The average Bonchev–Trinajstić information content (AvgIpc) is 3.04. The Morgan fingerprint density at radius 2 is 1.77 bits per heavy atom. The first-order chi connectivity index (χ1) is 14.0. The van der Waals surface area contributed by atoms with Gasteiger partial charge in [0.25, 0.3) is 10.0 Å². The first-order valence-corrected chi connectivity index (χ1v) is 12.2. The van der Waals surface area contributed by atoms with Crippen molar-refractivity contribution in [2.45, 2.75) is 64.7 Å². The number of hydrogen-bond donors (Lipinski definition) is 1. The summed E-state index contributed by atoms with van der Waals surface area (Å²) >= 11 is 0. The van der Waals surface area contributed by atoms with Gasteiger partial charge in [0.2, 0.25) is 0 Å². The molecule has 3 aromatic rings. The van der Waals surface area contributed by atoms with Crippen LogP contribution >= 0.6 is 0 Å². The molecule has 2 aromatic carbocycles. The zero-order valence-corrected chi connectivity index (χ0v) is 19.3. The Hall–Kier alpha value is -2.27. The van der Waals surface area contributed by atoms with Gasteiger partial charge in [0.05, 0.1) is 4.90 Å². The molecule has 1 N–H and O–H groups in total. The molecule has 0 bridgehead atoms. The normalized spacial score (nSPS) is 17.3. The molecule has 0 amide bonds. The Kier molecular flexibility index (Phi) is 5.21. The summed E-state index contributed by atoms with van der Waals surface area (Å²) in [5.74, 6) is 2.00. The van der Waals surface area contributed by atoms with Gasteiger partial charge >= 0.3 is 0 Å². The highest BCUT2D eigenvalue weighted by Gasteiger charge is 2.31. The van der Waals surface area contributed by atoms with Gasteiger partial charge in [-0.2, -0.15) is 0 Å². The van der Waals surface area contributed by atoms with Crippen LogP contribution in [0.15, 0.2) is 51.8 Å². The molecule has 160 valence electrons. The molecule has 4 nitrogen and oxygen atoms in total. The molecule has 0 aliphatic heterocycles. The molecule has 1 heterocycles. The van der Waals surface area contributed by atoms with Crippen molar-refractivity contribution in [1.29, 1.82) is 0 Å². The van der Waals surface area contributed by atoms with Crippen LogP contribution in [0.3, 0.4) is 0 Å². The van der Waals surface area contributed by atoms with Crippen molar-refractivity contribution < 1.29 is 12.8 Å². The highest BCUT2D eigenvalue weighted by atomic mass is 32.2. The zero-order valence-electron chi connectivity index (χ0n) is 18.5. The van der Waals surface area contributed by atoms with Crippen LogP contribution in [0.4, 0.5) is 5.69 Å². The summed E-state index contributed by atoms with van der Waals surface area (Å²) in [5.41, 5.74) is 3.99. The second kappa shape index (κ2) is 7.45. The van der Waals surface area contributed by atoms with Gasteiger partial charge in [0.1, 0.15) is 11.3 Å². The Bertz CT molecular complexity index is 1170. The predicted molar refractivity (Wildman–Crippen MR) is 123 cm³/mol. The van der Waals surface area contributed by atoms with Crippen molar-refractivity contribution in [2.75, 3.05) is 4.72 Å².